The first kappa shape index (κ1) is 14.9. The molecule has 0 bridgehead atoms. The van der Waals surface area contributed by atoms with Gasteiger partial charge in [0, 0.05) is 15.6 Å². The number of thiophene rings is 1. The van der Waals surface area contributed by atoms with Crippen LogP contribution in [0.3, 0.4) is 0 Å². The molecule has 0 radical (unpaired) electrons. The van der Waals surface area contributed by atoms with E-state index in [1.165, 1.54) is 26.3 Å². The lowest BCUT2D eigenvalue weighted by atomic mass is 10.1. The molecule has 0 aliphatic heterocycles. The lowest BCUT2D eigenvalue weighted by molar-refractivity contribution is 0.504. The molecule has 0 saturated carbocycles. The van der Waals surface area contributed by atoms with Crippen LogP contribution < -0.4 is 5.32 Å². The number of thioether (sulfide) groups is 1. The Morgan fingerprint density at radius 3 is 2.68 bits per heavy atom. The summed E-state index contributed by atoms with van der Waals surface area (Å²) < 4.78 is 1.40. The molecule has 19 heavy (non-hydrogen) atoms. The maximum Gasteiger partial charge on any atom is 0.0389 e. The molecule has 1 aromatic heterocycles. The van der Waals surface area contributed by atoms with Gasteiger partial charge < -0.3 is 5.32 Å². The summed E-state index contributed by atoms with van der Waals surface area (Å²) in [6.07, 6.45) is 2.18. The highest BCUT2D eigenvalue weighted by Gasteiger charge is 2.14. The van der Waals surface area contributed by atoms with Crippen molar-refractivity contribution < 1.29 is 0 Å². The smallest absolute Gasteiger partial charge is 0.0389 e. The van der Waals surface area contributed by atoms with E-state index in [9.17, 15) is 0 Å². The van der Waals surface area contributed by atoms with Gasteiger partial charge in [-0.05, 0) is 55.3 Å². The highest BCUT2D eigenvalue weighted by Crippen LogP contribution is 2.34. The zero-order valence-corrected chi connectivity index (χ0v) is 13.8. The minimum atomic E-state index is 0.446. The van der Waals surface area contributed by atoms with E-state index >= 15 is 0 Å². The van der Waals surface area contributed by atoms with E-state index in [0.717, 1.165) is 12.5 Å². The molecular weight excluding hydrogens is 270 g/mol. The Hall–Kier alpha value is -0.510. The third-order valence-corrected chi connectivity index (χ3v) is 5.86. The highest BCUT2D eigenvalue weighted by atomic mass is 32.2. The molecule has 1 N–H and O–H groups in total. The summed E-state index contributed by atoms with van der Waals surface area (Å²) in [6.45, 7) is 7.94. The second-order valence-corrected chi connectivity index (χ2v) is 7.27. The topological polar surface area (TPSA) is 12.0 Å². The van der Waals surface area contributed by atoms with Crippen molar-refractivity contribution in [2.75, 3.05) is 18.6 Å². The fourth-order valence-electron chi connectivity index (χ4n) is 2.42. The average Bonchev–Trinajstić information content (AvgIpc) is 2.74. The third kappa shape index (κ3) is 3.53. The Kier molecular flexibility index (Phi) is 5.31. The summed E-state index contributed by atoms with van der Waals surface area (Å²) in [4.78, 5) is 1.48. The van der Waals surface area contributed by atoms with Crippen LogP contribution in [-0.2, 0) is 0 Å². The molecule has 1 aromatic carbocycles. The van der Waals surface area contributed by atoms with Crippen molar-refractivity contribution in [3.05, 3.63) is 34.7 Å². The van der Waals surface area contributed by atoms with E-state index in [-0.39, 0.29) is 0 Å². The van der Waals surface area contributed by atoms with E-state index in [2.05, 4.69) is 56.6 Å². The van der Waals surface area contributed by atoms with Gasteiger partial charge in [0.2, 0.25) is 0 Å². The van der Waals surface area contributed by atoms with Gasteiger partial charge in [-0.25, -0.2) is 0 Å². The molecule has 0 saturated heterocycles. The molecule has 0 spiro atoms. The van der Waals surface area contributed by atoms with Crippen molar-refractivity contribution in [3.63, 3.8) is 0 Å². The molecule has 104 valence electrons. The Bertz CT molecular complexity index is 533. The molecule has 2 aromatic rings. The molecule has 2 rings (SSSR count). The van der Waals surface area contributed by atoms with Gasteiger partial charge in [0.05, 0.1) is 0 Å². The lowest BCUT2D eigenvalue weighted by Crippen LogP contribution is -2.25. The Labute approximate surface area is 124 Å². The number of rotatable bonds is 6. The monoisotopic (exact) mass is 293 g/mol. The molecule has 2 atom stereocenters. The molecule has 0 fully saturated rings. The van der Waals surface area contributed by atoms with Crippen LogP contribution in [0.25, 0.3) is 10.1 Å². The predicted molar refractivity (Wildman–Crippen MR) is 90.5 cm³/mol. The van der Waals surface area contributed by atoms with E-state index in [4.69, 9.17) is 0 Å². The van der Waals surface area contributed by atoms with Crippen LogP contribution in [0.5, 0.6) is 0 Å². The fraction of sp³-hybridized carbons (Fsp3) is 0.500. The van der Waals surface area contributed by atoms with Gasteiger partial charge in [-0.15, -0.1) is 11.3 Å². The van der Waals surface area contributed by atoms with Gasteiger partial charge in [0.25, 0.3) is 0 Å². The SMILES string of the molecule is CSCC(C)CNC(C)c1sc2ccccc2c1C. The summed E-state index contributed by atoms with van der Waals surface area (Å²) in [5.41, 5.74) is 1.44. The predicted octanol–water partition coefficient (Wildman–Crippen LogP) is 4.86. The molecule has 0 aliphatic carbocycles. The maximum atomic E-state index is 3.68. The fourth-order valence-corrected chi connectivity index (χ4v) is 4.35. The first-order valence-electron chi connectivity index (χ1n) is 6.83. The largest absolute Gasteiger partial charge is 0.309 e. The van der Waals surface area contributed by atoms with Crippen molar-refractivity contribution in [1.82, 2.24) is 5.32 Å². The molecule has 2 unspecified atom stereocenters. The number of hydrogen-bond acceptors (Lipinski definition) is 3. The normalized spacial score (nSPS) is 14.7. The Morgan fingerprint density at radius 1 is 1.26 bits per heavy atom. The summed E-state index contributed by atoms with van der Waals surface area (Å²) in [7, 11) is 0. The first-order valence-corrected chi connectivity index (χ1v) is 9.04. The second kappa shape index (κ2) is 6.78. The number of nitrogens with one attached hydrogen (secondary N) is 1. The zero-order valence-electron chi connectivity index (χ0n) is 12.2. The van der Waals surface area contributed by atoms with Crippen LogP contribution in [0, 0.1) is 12.8 Å². The van der Waals surface area contributed by atoms with E-state index in [1.54, 1.807) is 0 Å². The molecule has 0 aliphatic rings. The van der Waals surface area contributed by atoms with Gasteiger partial charge in [-0.1, -0.05) is 25.1 Å². The van der Waals surface area contributed by atoms with Gasteiger partial charge in [-0.3, -0.25) is 0 Å². The average molecular weight is 294 g/mol. The third-order valence-electron chi connectivity index (χ3n) is 3.50. The Balaban J connectivity index is 2.09. The minimum absolute atomic E-state index is 0.446. The van der Waals surface area contributed by atoms with Gasteiger partial charge in [0.1, 0.15) is 0 Å². The Morgan fingerprint density at radius 2 is 2.00 bits per heavy atom. The molecule has 3 heteroatoms. The van der Waals surface area contributed by atoms with Crippen LogP contribution in [0.2, 0.25) is 0 Å². The highest BCUT2D eigenvalue weighted by molar-refractivity contribution is 7.98. The van der Waals surface area contributed by atoms with Crippen molar-refractivity contribution >= 4 is 33.2 Å². The standard InChI is InChI=1S/C16H23NS2/c1-11(10-18-4)9-17-13(3)16-12(2)14-7-5-6-8-15(14)19-16/h5-8,11,13,17H,9-10H2,1-4H3. The van der Waals surface area contributed by atoms with Crippen LogP contribution in [-0.4, -0.2) is 18.6 Å². The molecule has 0 amide bonds. The number of fused-ring (bicyclic) bond motifs is 1. The van der Waals surface area contributed by atoms with Crippen LogP contribution in [0.15, 0.2) is 24.3 Å². The molecule has 1 heterocycles. The van der Waals surface area contributed by atoms with Crippen molar-refractivity contribution in [2.24, 2.45) is 5.92 Å². The molecule has 1 nitrogen and oxygen atoms in total. The van der Waals surface area contributed by atoms with Gasteiger partial charge in [-0.2, -0.15) is 11.8 Å². The molecular formula is C16H23NS2. The zero-order chi connectivity index (χ0) is 13.8. The van der Waals surface area contributed by atoms with E-state index in [1.807, 2.05) is 23.1 Å². The van der Waals surface area contributed by atoms with Crippen LogP contribution >= 0.6 is 23.1 Å². The van der Waals surface area contributed by atoms with Crippen molar-refractivity contribution in [1.29, 1.82) is 0 Å². The maximum absolute atomic E-state index is 3.68. The van der Waals surface area contributed by atoms with Crippen molar-refractivity contribution in [3.8, 4) is 0 Å². The summed E-state index contributed by atoms with van der Waals surface area (Å²) >= 11 is 3.86. The number of benzene rings is 1. The van der Waals surface area contributed by atoms with Gasteiger partial charge >= 0.3 is 0 Å². The first-order chi connectivity index (χ1) is 9.13. The minimum Gasteiger partial charge on any atom is -0.309 e. The summed E-state index contributed by atoms with van der Waals surface area (Å²) in [5, 5.41) is 5.09. The van der Waals surface area contributed by atoms with E-state index < -0.39 is 0 Å². The lowest BCUT2D eigenvalue weighted by Gasteiger charge is -2.17. The summed E-state index contributed by atoms with van der Waals surface area (Å²) in [6, 6.07) is 9.15. The van der Waals surface area contributed by atoms with Crippen molar-refractivity contribution in [2.45, 2.75) is 26.8 Å². The quantitative estimate of drug-likeness (QED) is 0.816. The number of hydrogen-bond donors (Lipinski definition) is 1. The second-order valence-electron chi connectivity index (χ2n) is 5.28. The number of aryl methyl sites for hydroxylation is 1. The van der Waals surface area contributed by atoms with Crippen LogP contribution in [0.4, 0.5) is 0 Å². The van der Waals surface area contributed by atoms with Crippen LogP contribution in [0.1, 0.15) is 30.3 Å². The van der Waals surface area contributed by atoms with Gasteiger partial charge in [0.15, 0.2) is 0 Å². The summed E-state index contributed by atoms with van der Waals surface area (Å²) in [5.74, 6) is 1.96. The van der Waals surface area contributed by atoms with E-state index in [0.29, 0.717) is 6.04 Å².